The average Bonchev–Trinajstić information content (AvgIpc) is 3.49. The molecule has 0 aliphatic rings. The molecule has 0 fully saturated rings. The van der Waals surface area contributed by atoms with Crippen LogP contribution in [0.1, 0.15) is 40.7 Å². The Morgan fingerprint density at radius 2 is 1.85 bits per heavy atom. The number of imidazole rings is 1. The lowest BCUT2D eigenvalue weighted by molar-refractivity contribution is 0.100. The van der Waals surface area contributed by atoms with E-state index in [1.165, 1.54) is 0 Å². The number of para-hydroxylation sites is 1. The Kier molecular flexibility index (Phi) is 5.63. The summed E-state index contributed by atoms with van der Waals surface area (Å²) in [6, 6.07) is 20.2. The molecular weight excluding hydrogens is 426 g/mol. The van der Waals surface area contributed by atoms with Crippen molar-refractivity contribution >= 4 is 16.9 Å². The van der Waals surface area contributed by atoms with Crippen LogP contribution in [0.25, 0.3) is 27.8 Å². The molecule has 3 aromatic carbocycles. The fourth-order valence-electron chi connectivity index (χ4n) is 4.34. The molecule has 0 atom stereocenters. The highest BCUT2D eigenvalue weighted by molar-refractivity contribution is 5.97. The molecule has 0 unspecified atom stereocenters. The topological polar surface area (TPSA) is 105 Å². The highest BCUT2D eigenvalue weighted by atomic mass is 16.1. The zero-order valence-electron chi connectivity index (χ0n) is 19.1. The van der Waals surface area contributed by atoms with Crippen LogP contribution in [0, 0.1) is 6.92 Å². The van der Waals surface area contributed by atoms with Crippen molar-refractivity contribution in [1.82, 2.24) is 29.8 Å². The molecule has 0 spiro atoms. The Labute approximate surface area is 197 Å². The van der Waals surface area contributed by atoms with Gasteiger partial charge in [0.15, 0.2) is 0 Å². The van der Waals surface area contributed by atoms with Gasteiger partial charge in [-0.05, 0) is 58.7 Å². The number of carbonyl (C=O) groups excluding carboxylic acids is 1. The van der Waals surface area contributed by atoms with Crippen LogP contribution in [0.15, 0.2) is 67.0 Å². The largest absolute Gasteiger partial charge is 0.366 e. The van der Waals surface area contributed by atoms with E-state index in [1.807, 2.05) is 37.3 Å². The SMILES string of the molecule is CCCc1nc2c(C)cc(C(N)=O)cc2n1Cc1ccc(-c2ccccc2-n2cnnn2)cc1. The number of nitrogens with two attached hydrogens (primary N) is 1. The molecule has 0 aliphatic heterocycles. The average molecular weight is 452 g/mol. The number of hydrogen-bond acceptors (Lipinski definition) is 5. The van der Waals surface area contributed by atoms with Gasteiger partial charge in [0.05, 0.1) is 16.7 Å². The maximum absolute atomic E-state index is 11.9. The first-order chi connectivity index (χ1) is 16.5. The highest BCUT2D eigenvalue weighted by Gasteiger charge is 2.16. The molecule has 0 aliphatic carbocycles. The number of hydrogen-bond donors (Lipinski definition) is 1. The van der Waals surface area contributed by atoms with Crippen molar-refractivity contribution in [2.75, 3.05) is 0 Å². The number of tetrazole rings is 1. The normalized spacial score (nSPS) is 11.2. The summed E-state index contributed by atoms with van der Waals surface area (Å²) >= 11 is 0. The van der Waals surface area contributed by atoms with E-state index in [-0.39, 0.29) is 0 Å². The van der Waals surface area contributed by atoms with E-state index in [1.54, 1.807) is 11.0 Å². The molecule has 1 amide bonds. The second-order valence-corrected chi connectivity index (χ2v) is 8.36. The number of rotatable bonds is 7. The Balaban J connectivity index is 1.52. The van der Waals surface area contributed by atoms with Crippen LogP contribution in [0.3, 0.4) is 0 Å². The van der Waals surface area contributed by atoms with E-state index >= 15 is 0 Å². The minimum absolute atomic E-state index is 0.430. The van der Waals surface area contributed by atoms with Gasteiger partial charge >= 0.3 is 0 Å². The molecule has 0 saturated heterocycles. The summed E-state index contributed by atoms with van der Waals surface area (Å²) < 4.78 is 3.86. The number of amides is 1. The van der Waals surface area contributed by atoms with E-state index in [0.717, 1.165) is 57.6 Å². The zero-order valence-corrected chi connectivity index (χ0v) is 19.1. The predicted octanol–water partition coefficient (Wildman–Crippen LogP) is 4.09. The third-order valence-corrected chi connectivity index (χ3v) is 5.99. The van der Waals surface area contributed by atoms with Crippen LogP contribution >= 0.6 is 0 Å². The van der Waals surface area contributed by atoms with Gasteiger partial charge in [0.1, 0.15) is 12.2 Å². The summed E-state index contributed by atoms with van der Waals surface area (Å²) in [6.07, 6.45) is 3.43. The predicted molar refractivity (Wildman–Crippen MR) is 131 cm³/mol. The number of primary amides is 1. The zero-order chi connectivity index (χ0) is 23.7. The van der Waals surface area contributed by atoms with E-state index in [4.69, 9.17) is 10.7 Å². The van der Waals surface area contributed by atoms with E-state index in [0.29, 0.717) is 12.1 Å². The molecule has 34 heavy (non-hydrogen) atoms. The van der Waals surface area contributed by atoms with Gasteiger partial charge in [-0.3, -0.25) is 4.79 Å². The van der Waals surface area contributed by atoms with Crippen LogP contribution in [-0.2, 0) is 13.0 Å². The summed E-state index contributed by atoms with van der Waals surface area (Å²) in [6.45, 7) is 4.77. The fourth-order valence-corrected chi connectivity index (χ4v) is 4.34. The van der Waals surface area contributed by atoms with Gasteiger partial charge in [-0.15, -0.1) is 5.10 Å². The molecule has 0 saturated carbocycles. The Morgan fingerprint density at radius 1 is 1.06 bits per heavy atom. The van der Waals surface area contributed by atoms with Gasteiger partial charge in [0.25, 0.3) is 0 Å². The van der Waals surface area contributed by atoms with Crippen molar-refractivity contribution in [3.8, 4) is 16.8 Å². The minimum atomic E-state index is -0.430. The number of aryl methyl sites for hydroxylation is 2. The Hall–Kier alpha value is -4.33. The van der Waals surface area contributed by atoms with Crippen LogP contribution in [0.2, 0.25) is 0 Å². The Bertz CT molecular complexity index is 1470. The van der Waals surface area contributed by atoms with Gasteiger partial charge in [-0.1, -0.05) is 49.4 Å². The van der Waals surface area contributed by atoms with Crippen molar-refractivity contribution in [1.29, 1.82) is 0 Å². The van der Waals surface area contributed by atoms with Crippen LogP contribution in [0.5, 0.6) is 0 Å². The second kappa shape index (κ2) is 8.90. The summed E-state index contributed by atoms with van der Waals surface area (Å²) in [4.78, 5) is 16.8. The maximum Gasteiger partial charge on any atom is 0.248 e. The van der Waals surface area contributed by atoms with Gasteiger partial charge < -0.3 is 10.3 Å². The molecule has 5 rings (SSSR count). The third-order valence-electron chi connectivity index (χ3n) is 5.99. The monoisotopic (exact) mass is 451 g/mol. The molecule has 0 radical (unpaired) electrons. The number of aromatic nitrogens is 6. The first kappa shape index (κ1) is 21.5. The molecule has 8 nitrogen and oxygen atoms in total. The van der Waals surface area contributed by atoms with E-state index in [9.17, 15) is 4.79 Å². The molecule has 0 bridgehead atoms. The first-order valence-electron chi connectivity index (χ1n) is 11.3. The van der Waals surface area contributed by atoms with Gasteiger partial charge in [-0.25, -0.2) is 4.98 Å². The van der Waals surface area contributed by atoms with Crippen molar-refractivity contribution in [2.24, 2.45) is 5.73 Å². The smallest absolute Gasteiger partial charge is 0.248 e. The molecule has 2 aromatic heterocycles. The molecule has 5 aromatic rings. The summed E-state index contributed by atoms with van der Waals surface area (Å²) in [7, 11) is 0. The summed E-state index contributed by atoms with van der Waals surface area (Å²) in [5, 5.41) is 11.5. The van der Waals surface area contributed by atoms with E-state index in [2.05, 4.69) is 57.3 Å². The van der Waals surface area contributed by atoms with Crippen molar-refractivity contribution < 1.29 is 4.79 Å². The van der Waals surface area contributed by atoms with Crippen LogP contribution in [0.4, 0.5) is 0 Å². The van der Waals surface area contributed by atoms with Crippen LogP contribution < -0.4 is 5.73 Å². The van der Waals surface area contributed by atoms with Gasteiger partial charge in [0.2, 0.25) is 5.91 Å². The number of carbonyl (C=O) groups is 1. The van der Waals surface area contributed by atoms with Crippen molar-refractivity contribution in [2.45, 2.75) is 33.2 Å². The summed E-state index contributed by atoms with van der Waals surface area (Å²) in [5.41, 5.74) is 13.1. The first-order valence-corrected chi connectivity index (χ1v) is 11.3. The van der Waals surface area contributed by atoms with Crippen LogP contribution in [-0.4, -0.2) is 35.7 Å². The lowest BCUT2D eigenvalue weighted by Gasteiger charge is -2.12. The lowest BCUT2D eigenvalue weighted by atomic mass is 10.0. The molecular formula is C26H25N7O. The minimum Gasteiger partial charge on any atom is -0.366 e. The number of nitrogens with zero attached hydrogens (tertiary/aromatic N) is 6. The number of fused-ring (bicyclic) bond motifs is 1. The molecule has 2 heterocycles. The molecule has 2 N–H and O–H groups in total. The Morgan fingerprint density at radius 3 is 2.56 bits per heavy atom. The van der Waals surface area contributed by atoms with Gasteiger partial charge in [0, 0.05) is 24.1 Å². The van der Waals surface area contributed by atoms with E-state index < -0.39 is 5.91 Å². The quantitative estimate of drug-likeness (QED) is 0.401. The third kappa shape index (κ3) is 3.94. The highest BCUT2D eigenvalue weighted by Crippen LogP contribution is 2.28. The van der Waals surface area contributed by atoms with Crippen molar-refractivity contribution in [3.63, 3.8) is 0 Å². The maximum atomic E-state index is 11.9. The number of benzene rings is 3. The standard InChI is InChI=1S/C26H25N7O/c1-3-6-24-29-25-17(2)13-20(26(27)34)14-23(25)32(24)15-18-9-11-19(12-10-18)21-7-4-5-8-22(21)33-16-28-30-31-33/h4-5,7-14,16H,3,6,15H2,1-2H3,(H2,27,34). The molecule has 170 valence electrons. The van der Waals surface area contributed by atoms with Crippen molar-refractivity contribution in [3.05, 3.63) is 89.5 Å². The second-order valence-electron chi connectivity index (χ2n) is 8.36. The molecule has 8 heteroatoms. The fraction of sp³-hybridized carbons (Fsp3) is 0.192. The van der Waals surface area contributed by atoms with Gasteiger partial charge in [-0.2, -0.15) is 4.68 Å². The lowest BCUT2D eigenvalue weighted by Crippen LogP contribution is -2.11. The summed E-state index contributed by atoms with van der Waals surface area (Å²) in [5.74, 6) is 0.579.